The van der Waals surface area contributed by atoms with Crippen LogP contribution in [0.1, 0.15) is 49.6 Å². The first-order chi connectivity index (χ1) is 14.0. The van der Waals surface area contributed by atoms with Crippen LogP contribution in [-0.4, -0.2) is 33.6 Å². The first kappa shape index (κ1) is 21.9. The van der Waals surface area contributed by atoms with Gasteiger partial charge in [0.2, 0.25) is 11.9 Å². The third kappa shape index (κ3) is 4.38. The van der Waals surface area contributed by atoms with E-state index in [2.05, 4.69) is 20.6 Å². The second kappa shape index (κ2) is 8.17. The number of aliphatic hydroxyl groups is 1. The van der Waals surface area contributed by atoms with E-state index >= 15 is 0 Å². The van der Waals surface area contributed by atoms with Gasteiger partial charge in [-0.2, -0.15) is 0 Å². The van der Waals surface area contributed by atoms with Crippen molar-refractivity contribution in [3.63, 3.8) is 0 Å². The van der Waals surface area contributed by atoms with Crippen molar-refractivity contribution < 1.29 is 27.5 Å². The standard InChI is InChI=1S/C20H22F4N4O2/c1-9(12-5-4-11(6-14(12)21)20(3,23)24)27-19-26-8-15(22)17(28-19)16-13(10(2)29)7-25-18(16)30/h4-6,8-10,13,16,29H,7H2,1-3H3,(H,25,30)(H,26,27,28)/t9-,10+,13?,16+/m0/s1. The van der Waals surface area contributed by atoms with Gasteiger partial charge in [0.1, 0.15) is 5.82 Å². The van der Waals surface area contributed by atoms with Crippen LogP contribution >= 0.6 is 0 Å². The SMILES string of the molecule is C[C@H](Nc1ncc(F)c([C@@H]2C(=O)NCC2[C@@H](C)O)n1)c1ccc(C(C)(F)F)cc1F. The number of hydrogen-bond acceptors (Lipinski definition) is 5. The molecule has 1 aromatic carbocycles. The van der Waals surface area contributed by atoms with E-state index < -0.39 is 53.0 Å². The smallest absolute Gasteiger partial charge is 0.270 e. The number of anilines is 1. The molecule has 0 bridgehead atoms. The average molecular weight is 426 g/mol. The molecular weight excluding hydrogens is 404 g/mol. The van der Waals surface area contributed by atoms with Gasteiger partial charge in [0.25, 0.3) is 5.92 Å². The summed E-state index contributed by atoms with van der Waals surface area (Å²) in [5, 5.41) is 15.3. The molecule has 1 aromatic heterocycles. The summed E-state index contributed by atoms with van der Waals surface area (Å²) in [7, 11) is 0. The molecule has 3 rings (SSSR count). The number of aromatic nitrogens is 2. The number of hydrogen-bond donors (Lipinski definition) is 3. The molecule has 30 heavy (non-hydrogen) atoms. The fourth-order valence-electron chi connectivity index (χ4n) is 3.51. The molecule has 1 unspecified atom stereocenters. The summed E-state index contributed by atoms with van der Waals surface area (Å²) in [4.78, 5) is 20.1. The number of nitrogens with one attached hydrogen (secondary N) is 2. The average Bonchev–Trinajstić information content (AvgIpc) is 3.04. The Hall–Kier alpha value is -2.75. The monoisotopic (exact) mass is 426 g/mol. The van der Waals surface area contributed by atoms with Crippen LogP contribution in [0.2, 0.25) is 0 Å². The van der Waals surface area contributed by atoms with Gasteiger partial charge in [0.15, 0.2) is 5.82 Å². The number of alkyl halides is 2. The number of carbonyl (C=O) groups excluding carboxylic acids is 1. The molecule has 1 saturated heterocycles. The van der Waals surface area contributed by atoms with Crippen molar-refractivity contribution in [3.05, 3.63) is 52.9 Å². The molecule has 10 heteroatoms. The molecule has 1 aliphatic heterocycles. The van der Waals surface area contributed by atoms with Gasteiger partial charge < -0.3 is 15.7 Å². The van der Waals surface area contributed by atoms with Crippen LogP contribution in [0.25, 0.3) is 0 Å². The molecule has 0 saturated carbocycles. The van der Waals surface area contributed by atoms with Crippen LogP contribution in [0.4, 0.5) is 23.5 Å². The third-order valence-corrected chi connectivity index (χ3v) is 5.23. The number of amides is 1. The summed E-state index contributed by atoms with van der Waals surface area (Å²) in [5.74, 6) is -6.89. The molecular formula is C20H22F4N4O2. The fraction of sp³-hybridized carbons (Fsp3) is 0.450. The van der Waals surface area contributed by atoms with Gasteiger partial charge in [-0.1, -0.05) is 12.1 Å². The van der Waals surface area contributed by atoms with Crippen molar-refractivity contribution in [1.29, 1.82) is 0 Å². The van der Waals surface area contributed by atoms with Crippen LogP contribution < -0.4 is 10.6 Å². The highest BCUT2D eigenvalue weighted by atomic mass is 19.3. The molecule has 0 spiro atoms. The van der Waals surface area contributed by atoms with E-state index in [1.54, 1.807) is 6.92 Å². The Morgan fingerprint density at radius 2 is 1.97 bits per heavy atom. The number of rotatable bonds is 6. The quantitative estimate of drug-likeness (QED) is 0.618. The lowest BCUT2D eigenvalue weighted by atomic mass is 9.88. The second-order valence-corrected chi connectivity index (χ2v) is 7.54. The topological polar surface area (TPSA) is 87.1 Å². The van der Waals surface area contributed by atoms with Gasteiger partial charge in [0, 0.05) is 30.5 Å². The third-order valence-electron chi connectivity index (χ3n) is 5.23. The number of nitrogens with zero attached hydrogens (tertiary/aromatic N) is 2. The molecule has 4 atom stereocenters. The highest BCUT2D eigenvalue weighted by molar-refractivity contribution is 5.86. The van der Waals surface area contributed by atoms with Crippen molar-refractivity contribution in [2.24, 2.45) is 5.92 Å². The zero-order chi connectivity index (χ0) is 22.2. The minimum absolute atomic E-state index is 0.0627. The molecule has 1 fully saturated rings. The van der Waals surface area contributed by atoms with Gasteiger partial charge >= 0.3 is 0 Å². The van der Waals surface area contributed by atoms with E-state index in [9.17, 15) is 27.5 Å². The van der Waals surface area contributed by atoms with Crippen LogP contribution in [0.3, 0.4) is 0 Å². The summed E-state index contributed by atoms with van der Waals surface area (Å²) >= 11 is 0. The minimum atomic E-state index is -3.17. The number of carbonyl (C=O) groups is 1. The van der Waals surface area contributed by atoms with Crippen LogP contribution in [0, 0.1) is 17.6 Å². The maximum atomic E-state index is 14.4. The van der Waals surface area contributed by atoms with Crippen molar-refractivity contribution >= 4 is 11.9 Å². The Labute approximate surface area is 170 Å². The molecule has 162 valence electrons. The van der Waals surface area contributed by atoms with E-state index in [4.69, 9.17) is 0 Å². The number of halogens is 4. The van der Waals surface area contributed by atoms with Crippen LogP contribution in [0.5, 0.6) is 0 Å². The lowest BCUT2D eigenvalue weighted by Crippen LogP contribution is -2.26. The Balaban J connectivity index is 1.86. The lowest BCUT2D eigenvalue weighted by Gasteiger charge is -2.21. The van der Waals surface area contributed by atoms with E-state index in [0.717, 1.165) is 18.3 Å². The molecule has 3 N–H and O–H groups in total. The molecule has 2 aromatic rings. The summed E-state index contributed by atoms with van der Waals surface area (Å²) in [6.07, 6.45) is 0.0158. The predicted octanol–water partition coefficient (Wildman–Crippen LogP) is 3.25. The first-order valence-corrected chi connectivity index (χ1v) is 9.41. The molecule has 6 nitrogen and oxygen atoms in total. The Morgan fingerprint density at radius 3 is 2.57 bits per heavy atom. The predicted molar refractivity (Wildman–Crippen MR) is 101 cm³/mol. The van der Waals surface area contributed by atoms with Crippen molar-refractivity contribution in [1.82, 2.24) is 15.3 Å². The van der Waals surface area contributed by atoms with Crippen LogP contribution in [-0.2, 0) is 10.7 Å². The van der Waals surface area contributed by atoms with E-state index in [1.165, 1.54) is 13.0 Å². The van der Waals surface area contributed by atoms with E-state index in [1.807, 2.05) is 0 Å². The molecule has 1 aliphatic rings. The Kier molecular flexibility index (Phi) is 5.98. The normalized spacial score (nSPS) is 21.3. The summed E-state index contributed by atoms with van der Waals surface area (Å²) < 4.78 is 55.5. The highest BCUT2D eigenvalue weighted by Crippen LogP contribution is 2.33. The highest BCUT2D eigenvalue weighted by Gasteiger charge is 2.41. The number of aliphatic hydroxyl groups excluding tert-OH is 1. The fourth-order valence-corrected chi connectivity index (χ4v) is 3.51. The summed E-state index contributed by atoms with van der Waals surface area (Å²) in [6, 6.07) is 2.40. The van der Waals surface area contributed by atoms with Gasteiger partial charge in [-0.05, 0) is 19.9 Å². The summed E-state index contributed by atoms with van der Waals surface area (Å²) in [6.45, 7) is 3.93. The maximum Gasteiger partial charge on any atom is 0.270 e. The number of benzene rings is 1. The van der Waals surface area contributed by atoms with Gasteiger partial charge in [-0.15, -0.1) is 0 Å². The molecule has 0 radical (unpaired) electrons. The van der Waals surface area contributed by atoms with Crippen molar-refractivity contribution in [2.75, 3.05) is 11.9 Å². The van der Waals surface area contributed by atoms with Crippen molar-refractivity contribution in [2.45, 2.75) is 44.8 Å². The lowest BCUT2D eigenvalue weighted by molar-refractivity contribution is -0.121. The molecule has 2 heterocycles. The zero-order valence-electron chi connectivity index (χ0n) is 16.6. The van der Waals surface area contributed by atoms with E-state index in [-0.39, 0.29) is 23.8 Å². The van der Waals surface area contributed by atoms with E-state index in [0.29, 0.717) is 6.92 Å². The van der Waals surface area contributed by atoms with Gasteiger partial charge in [0.05, 0.1) is 30.0 Å². The summed E-state index contributed by atoms with van der Waals surface area (Å²) in [5.41, 5.74) is -0.535. The minimum Gasteiger partial charge on any atom is -0.393 e. The van der Waals surface area contributed by atoms with Gasteiger partial charge in [-0.3, -0.25) is 4.79 Å². The first-order valence-electron chi connectivity index (χ1n) is 9.41. The molecule has 1 amide bonds. The largest absolute Gasteiger partial charge is 0.393 e. The zero-order valence-corrected chi connectivity index (χ0v) is 16.6. The molecule has 0 aliphatic carbocycles. The van der Waals surface area contributed by atoms with Gasteiger partial charge in [-0.25, -0.2) is 27.5 Å². The van der Waals surface area contributed by atoms with Crippen molar-refractivity contribution in [3.8, 4) is 0 Å². The Morgan fingerprint density at radius 1 is 1.27 bits per heavy atom. The second-order valence-electron chi connectivity index (χ2n) is 7.54. The van der Waals surface area contributed by atoms with Crippen LogP contribution in [0.15, 0.2) is 24.4 Å². The Bertz CT molecular complexity index is 949. The maximum absolute atomic E-state index is 14.4.